The number of rotatable bonds is 8. The number of ether oxygens (including phenoxy) is 1. The molecule has 2 N–H and O–H groups in total. The van der Waals surface area contributed by atoms with E-state index in [-0.39, 0.29) is 18.7 Å². The molecule has 0 heterocycles. The van der Waals surface area contributed by atoms with Gasteiger partial charge in [0.25, 0.3) is 5.91 Å². The molecule has 0 saturated heterocycles. The van der Waals surface area contributed by atoms with E-state index >= 15 is 0 Å². The second-order valence-electron chi connectivity index (χ2n) is 6.54. The van der Waals surface area contributed by atoms with Gasteiger partial charge in [-0.15, -0.1) is 0 Å². The zero-order valence-corrected chi connectivity index (χ0v) is 17.7. The van der Waals surface area contributed by atoms with E-state index in [4.69, 9.17) is 27.9 Å². The van der Waals surface area contributed by atoms with Gasteiger partial charge in [0.2, 0.25) is 5.91 Å². The number of nitrogens with one attached hydrogen (secondary N) is 2. The highest BCUT2D eigenvalue weighted by atomic mass is 35.5. The maximum absolute atomic E-state index is 11.9. The van der Waals surface area contributed by atoms with Crippen LogP contribution in [0.4, 0.5) is 11.4 Å². The monoisotopic (exact) mass is 436 g/mol. The predicted octanol–water partition coefficient (Wildman–Crippen LogP) is 4.90. The molecule has 0 bridgehead atoms. The smallest absolute Gasteiger partial charge is 0.306 e. The van der Waals surface area contributed by atoms with Crippen molar-refractivity contribution in [2.75, 3.05) is 17.2 Å². The molecular formula is C21H22Cl2N2O4. The Hall–Kier alpha value is -2.57. The Balaban J connectivity index is 1.65. The fourth-order valence-electron chi connectivity index (χ4n) is 2.37. The molecule has 0 radical (unpaired) electrons. The van der Waals surface area contributed by atoms with E-state index in [9.17, 15) is 14.4 Å². The molecule has 29 heavy (non-hydrogen) atoms. The quantitative estimate of drug-likeness (QED) is 0.576. The number of halogens is 2. The summed E-state index contributed by atoms with van der Waals surface area (Å²) in [6, 6.07) is 10.3. The lowest BCUT2D eigenvalue weighted by molar-refractivity contribution is -0.147. The van der Waals surface area contributed by atoms with E-state index < -0.39 is 18.5 Å². The van der Waals surface area contributed by atoms with Gasteiger partial charge in [-0.05, 0) is 55.7 Å². The molecule has 154 valence electrons. The first-order chi connectivity index (χ1) is 13.7. The third kappa shape index (κ3) is 7.75. The van der Waals surface area contributed by atoms with E-state index in [1.165, 1.54) is 0 Å². The maximum atomic E-state index is 11.9. The lowest BCUT2D eigenvalue weighted by atomic mass is 10.2. The summed E-state index contributed by atoms with van der Waals surface area (Å²) in [5.41, 5.74) is 2.93. The molecular weight excluding hydrogens is 415 g/mol. The van der Waals surface area contributed by atoms with Gasteiger partial charge in [0.05, 0.1) is 0 Å². The van der Waals surface area contributed by atoms with Crippen molar-refractivity contribution in [1.29, 1.82) is 0 Å². The van der Waals surface area contributed by atoms with E-state index in [0.717, 1.165) is 11.1 Å². The van der Waals surface area contributed by atoms with E-state index in [2.05, 4.69) is 10.6 Å². The van der Waals surface area contributed by atoms with Gasteiger partial charge in [0.1, 0.15) is 0 Å². The highest BCUT2D eigenvalue weighted by Crippen LogP contribution is 2.21. The number of carbonyl (C=O) groups excluding carboxylic acids is 3. The first-order valence-electron chi connectivity index (χ1n) is 9.02. The van der Waals surface area contributed by atoms with Gasteiger partial charge in [-0.25, -0.2) is 0 Å². The Morgan fingerprint density at radius 3 is 1.86 bits per heavy atom. The summed E-state index contributed by atoms with van der Waals surface area (Å²) in [7, 11) is 0. The first-order valence-corrected chi connectivity index (χ1v) is 9.78. The van der Waals surface area contributed by atoms with Crippen molar-refractivity contribution in [2.24, 2.45) is 0 Å². The standard InChI is InChI=1S/C21H22Cl2N2O4/c1-13-6-8-15(10-17(13)22)24-19(26)4-3-5-21(28)29-12-20(27)25-16-9-7-14(2)18(23)11-16/h6-11H,3-5,12H2,1-2H3,(H,24,26)(H,25,27). The van der Waals surface area contributed by atoms with Gasteiger partial charge in [-0.2, -0.15) is 0 Å². The largest absolute Gasteiger partial charge is 0.456 e. The molecule has 2 aromatic rings. The molecule has 0 aliphatic carbocycles. The fraction of sp³-hybridized carbons (Fsp3) is 0.286. The molecule has 2 amide bonds. The Morgan fingerprint density at radius 1 is 0.828 bits per heavy atom. The number of hydrogen-bond donors (Lipinski definition) is 2. The van der Waals surface area contributed by atoms with Crippen molar-refractivity contribution in [2.45, 2.75) is 33.1 Å². The van der Waals surface area contributed by atoms with Crippen LogP contribution in [0, 0.1) is 13.8 Å². The summed E-state index contributed by atoms with van der Waals surface area (Å²) in [6.07, 6.45) is 0.486. The van der Waals surface area contributed by atoms with Crippen LogP contribution in [-0.4, -0.2) is 24.4 Å². The highest BCUT2D eigenvalue weighted by Gasteiger charge is 2.10. The van der Waals surface area contributed by atoms with Crippen LogP contribution in [0.1, 0.15) is 30.4 Å². The topological polar surface area (TPSA) is 84.5 Å². The van der Waals surface area contributed by atoms with Gasteiger partial charge in [0.15, 0.2) is 6.61 Å². The minimum absolute atomic E-state index is 0.0334. The van der Waals surface area contributed by atoms with Crippen molar-refractivity contribution in [3.8, 4) is 0 Å². The number of benzene rings is 2. The minimum Gasteiger partial charge on any atom is -0.456 e. The molecule has 0 atom stereocenters. The van der Waals surface area contributed by atoms with Crippen LogP contribution >= 0.6 is 23.2 Å². The van der Waals surface area contributed by atoms with Crippen LogP contribution in [0.15, 0.2) is 36.4 Å². The number of esters is 1. The van der Waals surface area contributed by atoms with Gasteiger partial charge >= 0.3 is 5.97 Å². The average Bonchev–Trinajstić information content (AvgIpc) is 2.66. The van der Waals surface area contributed by atoms with Crippen LogP contribution in [0.25, 0.3) is 0 Å². The van der Waals surface area contributed by atoms with Gasteiger partial charge in [-0.1, -0.05) is 35.3 Å². The third-order valence-corrected chi connectivity index (χ3v) is 4.87. The minimum atomic E-state index is -0.548. The zero-order chi connectivity index (χ0) is 21.4. The number of hydrogen-bond acceptors (Lipinski definition) is 4. The van der Waals surface area contributed by atoms with Gasteiger partial charge < -0.3 is 15.4 Å². The third-order valence-electron chi connectivity index (χ3n) is 4.06. The lowest BCUT2D eigenvalue weighted by Crippen LogP contribution is -2.21. The van der Waals surface area contributed by atoms with Crippen LogP contribution in [0.2, 0.25) is 10.0 Å². The Kier molecular flexibility index (Phi) is 8.49. The van der Waals surface area contributed by atoms with Crippen LogP contribution < -0.4 is 10.6 Å². The predicted molar refractivity (Wildman–Crippen MR) is 114 cm³/mol. The summed E-state index contributed by atoms with van der Waals surface area (Å²) < 4.78 is 4.93. The Labute approximate surface area is 179 Å². The molecule has 0 unspecified atom stereocenters. The SMILES string of the molecule is Cc1ccc(NC(=O)CCCC(=O)OCC(=O)Nc2ccc(C)c(Cl)c2)cc1Cl. The number of anilines is 2. The Morgan fingerprint density at radius 2 is 1.34 bits per heavy atom. The molecule has 8 heteroatoms. The summed E-state index contributed by atoms with van der Waals surface area (Å²) in [6.45, 7) is 3.32. The normalized spacial score (nSPS) is 10.3. The lowest BCUT2D eigenvalue weighted by Gasteiger charge is -2.08. The molecule has 0 saturated carbocycles. The van der Waals surface area contributed by atoms with E-state index in [1.54, 1.807) is 30.3 Å². The average molecular weight is 437 g/mol. The second kappa shape index (κ2) is 10.8. The Bertz CT molecular complexity index is 916. The van der Waals surface area contributed by atoms with Gasteiger partial charge in [0, 0.05) is 34.3 Å². The van der Waals surface area contributed by atoms with E-state index in [1.807, 2.05) is 19.9 Å². The first kappa shape index (κ1) is 22.7. The molecule has 0 aliphatic rings. The highest BCUT2D eigenvalue weighted by molar-refractivity contribution is 6.32. The summed E-state index contributed by atoms with van der Waals surface area (Å²) in [5, 5.41) is 6.42. The molecule has 2 rings (SSSR count). The van der Waals surface area contributed by atoms with Crippen LogP contribution in [-0.2, 0) is 19.1 Å². The van der Waals surface area contributed by atoms with Crippen LogP contribution in [0.5, 0.6) is 0 Å². The summed E-state index contributed by atoms with van der Waals surface area (Å²) in [4.78, 5) is 35.5. The summed E-state index contributed by atoms with van der Waals surface area (Å²) in [5.74, 6) is -1.24. The fourth-order valence-corrected chi connectivity index (χ4v) is 2.73. The molecule has 0 aliphatic heterocycles. The molecule has 6 nitrogen and oxygen atoms in total. The summed E-state index contributed by atoms with van der Waals surface area (Å²) >= 11 is 12.0. The van der Waals surface area contributed by atoms with Crippen molar-refractivity contribution in [1.82, 2.24) is 0 Å². The number of amides is 2. The number of aryl methyl sites for hydroxylation is 2. The van der Waals surface area contributed by atoms with Crippen molar-refractivity contribution >= 4 is 52.4 Å². The van der Waals surface area contributed by atoms with Gasteiger partial charge in [-0.3, -0.25) is 14.4 Å². The van der Waals surface area contributed by atoms with Crippen molar-refractivity contribution < 1.29 is 19.1 Å². The van der Waals surface area contributed by atoms with E-state index in [0.29, 0.717) is 27.8 Å². The van der Waals surface area contributed by atoms with Crippen molar-refractivity contribution in [3.05, 3.63) is 57.6 Å². The molecule has 2 aromatic carbocycles. The maximum Gasteiger partial charge on any atom is 0.306 e. The van der Waals surface area contributed by atoms with Crippen molar-refractivity contribution in [3.63, 3.8) is 0 Å². The second-order valence-corrected chi connectivity index (χ2v) is 7.35. The molecule has 0 fully saturated rings. The molecule has 0 aromatic heterocycles. The number of carbonyl (C=O) groups is 3. The molecule has 0 spiro atoms. The zero-order valence-electron chi connectivity index (χ0n) is 16.2. The van der Waals surface area contributed by atoms with Crippen LogP contribution in [0.3, 0.4) is 0 Å².